The SMILES string of the molecule is BrCc1cocc1I. The summed E-state index contributed by atoms with van der Waals surface area (Å²) in [5.41, 5.74) is 1.21. The van der Waals surface area contributed by atoms with E-state index in [0.717, 1.165) is 5.33 Å². The first-order valence-corrected chi connectivity index (χ1v) is 4.31. The van der Waals surface area contributed by atoms with Gasteiger partial charge in [0.05, 0.1) is 9.83 Å². The molecule has 3 heteroatoms. The maximum absolute atomic E-state index is 4.90. The first-order valence-electron chi connectivity index (χ1n) is 2.11. The van der Waals surface area contributed by atoms with Crippen LogP contribution in [0.2, 0.25) is 0 Å². The summed E-state index contributed by atoms with van der Waals surface area (Å²) in [5.74, 6) is 0. The van der Waals surface area contributed by atoms with Gasteiger partial charge < -0.3 is 4.42 Å². The largest absolute Gasteiger partial charge is 0.471 e. The van der Waals surface area contributed by atoms with Gasteiger partial charge in [0.2, 0.25) is 0 Å². The van der Waals surface area contributed by atoms with Gasteiger partial charge in [0.1, 0.15) is 6.26 Å². The Balaban J connectivity index is 2.92. The summed E-state index contributed by atoms with van der Waals surface area (Å²) in [5, 5.41) is 0.877. The number of furan rings is 1. The predicted molar refractivity (Wildman–Crippen MR) is 44.1 cm³/mol. The normalized spacial score (nSPS) is 9.75. The van der Waals surface area contributed by atoms with Crippen molar-refractivity contribution in [2.45, 2.75) is 5.33 Å². The molecule has 1 aromatic rings. The molecule has 0 saturated heterocycles. The van der Waals surface area contributed by atoms with Crippen LogP contribution in [0, 0.1) is 3.57 Å². The van der Waals surface area contributed by atoms with Crippen molar-refractivity contribution in [3.8, 4) is 0 Å². The highest BCUT2D eigenvalue weighted by atomic mass is 127. The molecule has 8 heavy (non-hydrogen) atoms. The number of halogens is 2. The van der Waals surface area contributed by atoms with Crippen LogP contribution < -0.4 is 0 Å². The molecule has 1 nitrogen and oxygen atoms in total. The van der Waals surface area contributed by atoms with Gasteiger partial charge in [-0.3, -0.25) is 0 Å². The van der Waals surface area contributed by atoms with Crippen LogP contribution >= 0.6 is 38.5 Å². The molecule has 0 saturated carbocycles. The number of hydrogen-bond acceptors (Lipinski definition) is 1. The van der Waals surface area contributed by atoms with Crippen molar-refractivity contribution in [2.75, 3.05) is 0 Å². The molecule has 0 amide bonds. The zero-order valence-electron chi connectivity index (χ0n) is 4.03. The Kier molecular flexibility index (Phi) is 2.37. The summed E-state index contributed by atoms with van der Waals surface area (Å²) < 4.78 is 6.08. The van der Waals surface area contributed by atoms with Crippen molar-refractivity contribution in [1.82, 2.24) is 0 Å². The monoisotopic (exact) mass is 286 g/mol. The van der Waals surface area contributed by atoms with Gasteiger partial charge >= 0.3 is 0 Å². The van der Waals surface area contributed by atoms with Crippen LogP contribution in [0.3, 0.4) is 0 Å². The minimum absolute atomic E-state index is 0.877. The van der Waals surface area contributed by atoms with Crippen molar-refractivity contribution in [2.24, 2.45) is 0 Å². The van der Waals surface area contributed by atoms with Crippen LogP contribution in [0.15, 0.2) is 16.9 Å². The zero-order chi connectivity index (χ0) is 5.98. The molecule has 0 aromatic carbocycles. The quantitative estimate of drug-likeness (QED) is 0.572. The average Bonchev–Trinajstić information content (AvgIpc) is 2.14. The van der Waals surface area contributed by atoms with Crippen LogP contribution in [-0.4, -0.2) is 0 Å². The average molecular weight is 287 g/mol. The van der Waals surface area contributed by atoms with Crippen LogP contribution in [-0.2, 0) is 5.33 Å². The molecule has 44 valence electrons. The van der Waals surface area contributed by atoms with E-state index in [9.17, 15) is 0 Å². The molecular formula is C5H4BrIO. The third-order valence-electron chi connectivity index (χ3n) is 0.833. The Labute approximate surface area is 69.7 Å². The molecule has 0 atom stereocenters. The van der Waals surface area contributed by atoms with Crippen molar-refractivity contribution in [3.05, 3.63) is 21.7 Å². The molecule has 1 aromatic heterocycles. The lowest BCUT2D eigenvalue weighted by Crippen LogP contribution is -1.71. The predicted octanol–water partition coefficient (Wildman–Crippen LogP) is 2.78. The van der Waals surface area contributed by atoms with E-state index in [2.05, 4.69) is 38.5 Å². The lowest BCUT2D eigenvalue weighted by Gasteiger charge is -1.82. The van der Waals surface area contributed by atoms with E-state index in [1.54, 1.807) is 12.5 Å². The fraction of sp³-hybridized carbons (Fsp3) is 0.200. The number of alkyl halides is 1. The van der Waals surface area contributed by atoms with E-state index in [0.29, 0.717) is 0 Å². The highest BCUT2D eigenvalue weighted by Crippen LogP contribution is 2.15. The van der Waals surface area contributed by atoms with Crippen molar-refractivity contribution >= 4 is 38.5 Å². The summed E-state index contributed by atoms with van der Waals surface area (Å²) in [6, 6.07) is 0. The molecular weight excluding hydrogens is 283 g/mol. The lowest BCUT2D eigenvalue weighted by molar-refractivity contribution is 0.564. The Morgan fingerprint density at radius 1 is 1.62 bits per heavy atom. The van der Waals surface area contributed by atoms with E-state index < -0.39 is 0 Å². The molecule has 0 radical (unpaired) electrons. The van der Waals surface area contributed by atoms with E-state index in [-0.39, 0.29) is 0 Å². The highest BCUT2D eigenvalue weighted by molar-refractivity contribution is 14.1. The maximum atomic E-state index is 4.90. The van der Waals surface area contributed by atoms with Gasteiger partial charge in [-0.2, -0.15) is 0 Å². The molecule has 0 unspecified atom stereocenters. The Bertz CT molecular complexity index is 173. The van der Waals surface area contributed by atoms with E-state index in [1.807, 2.05) is 0 Å². The summed E-state index contributed by atoms with van der Waals surface area (Å²) in [6.07, 6.45) is 3.48. The fourth-order valence-corrected chi connectivity index (χ4v) is 1.83. The Morgan fingerprint density at radius 3 is 2.62 bits per heavy atom. The third-order valence-corrected chi connectivity index (χ3v) is 2.38. The summed E-state index contributed by atoms with van der Waals surface area (Å²) in [4.78, 5) is 0. The van der Waals surface area contributed by atoms with Crippen molar-refractivity contribution in [3.63, 3.8) is 0 Å². The second-order valence-corrected chi connectivity index (χ2v) is 3.10. The standard InChI is InChI=1S/C5H4BrIO/c6-1-4-2-8-3-5(4)7/h2-3H,1H2. The van der Waals surface area contributed by atoms with Crippen molar-refractivity contribution < 1.29 is 4.42 Å². The molecule has 0 bridgehead atoms. The minimum atomic E-state index is 0.877. The molecule has 0 fully saturated rings. The molecule has 0 aliphatic heterocycles. The minimum Gasteiger partial charge on any atom is -0.471 e. The van der Waals surface area contributed by atoms with Gasteiger partial charge in [0, 0.05) is 10.9 Å². The van der Waals surface area contributed by atoms with Crippen LogP contribution in [0.25, 0.3) is 0 Å². The topological polar surface area (TPSA) is 13.1 Å². The summed E-state index contributed by atoms with van der Waals surface area (Å²) in [7, 11) is 0. The van der Waals surface area contributed by atoms with Gasteiger partial charge in [-0.15, -0.1) is 0 Å². The van der Waals surface area contributed by atoms with Gasteiger partial charge in [-0.25, -0.2) is 0 Å². The fourth-order valence-electron chi connectivity index (χ4n) is 0.403. The van der Waals surface area contributed by atoms with Crippen LogP contribution in [0.5, 0.6) is 0 Å². The first kappa shape index (κ1) is 6.61. The van der Waals surface area contributed by atoms with Crippen molar-refractivity contribution in [1.29, 1.82) is 0 Å². The zero-order valence-corrected chi connectivity index (χ0v) is 7.77. The number of rotatable bonds is 1. The Morgan fingerprint density at radius 2 is 2.38 bits per heavy atom. The van der Waals surface area contributed by atoms with Gasteiger partial charge in [-0.1, -0.05) is 15.9 Å². The number of hydrogen-bond donors (Lipinski definition) is 0. The lowest BCUT2D eigenvalue weighted by atomic mass is 10.4. The Hall–Kier alpha value is 0.490. The van der Waals surface area contributed by atoms with Gasteiger partial charge in [0.15, 0.2) is 0 Å². The molecule has 0 N–H and O–H groups in total. The second kappa shape index (κ2) is 2.87. The van der Waals surface area contributed by atoms with Gasteiger partial charge in [-0.05, 0) is 22.6 Å². The third kappa shape index (κ3) is 1.25. The van der Waals surface area contributed by atoms with Gasteiger partial charge in [0.25, 0.3) is 0 Å². The molecule has 0 aliphatic rings. The molecule has 1 heterocycles. The molecule has 1 rings (SSSR count). The first-order chi connectivity index (χ1) is 3.84. The summed E-state index contributed by atoms with van der Waals surface area (Å²) in [6.45, 7) is 0. The van der Waals surface area contributed by atoms with E-state index in [1.165, 1.54) is 9.13 Å². The highest BCUT2D eigenvalue weighted by Gasteiger charge is 1.96. The van der Waals surface area contributed by atoms with Crippen LogP contribution in [0.4, 0.5) is 0 Å². The molecule has 0 aliphatic carbocycles. The smallest absolute Gasteiger partial charge is 0.104 e. The van der Waals surface area contributed by atoms with E-state index >= 15 is 0 Å². The van der Waals surface area contributed by atoms with E-state index in [4.69, 9.17) is 4.42 Å². The summed E-state index contributed by atoms with van der Waals surface area (Å²) >= 11 is 5.55. The molecule has 0 spiro atoms. The second-order valence-electron chi connectivity index (χ2n) is 1.38. The van der Waals surface area contributed by atoms with Crippen LogP contribution in [0.1, 0.15) is 5.56 Å². The maximum Gasteiger partial charge on any atom is 0.104 e.